The highest BCUT2D eigenvalue weighted by atomic mass is 19.4. The maximum atomic E-state index is 12.3. The quantitative estimate of drug-likeness (QED) is 0.668. The van der Waals surface area contributed by atoms with E-state index in [1.807, 2.05) is 6.92 Å². The zero-order valence-electron chi connectivity index (χ0n) is 10.7. The lowest BCUT2D eigenvalue weighted by atomic mass is 10.1. The third-order valence-electron chi connectivity index (χ3n) is 3.22. The number of nitrogens with one attached hydrogen (secondary N) is 1. The van der Waals surface area contributed by atoms with Crippen molar-refractivity contribution in [3.63, 3.8) is 0 Å². The van der Waals surface area contributed by atoms with E-state index < -0.39 is 12.7 Å². The van der Waals surface area contributed by atoms with Gasteiger partial charge in [0.15, 0.2) is 0 Å². The summed E-state index contributed by atoms with van der Waals surface area (Å²) in [4.78, 5) is 1.50. The van der Waals surface area contributed by atoms with Gasteiger partial charge in [0.05, 0.1) is 6.54 Å². The summed E-state index contributed by atoms with van der Waals surface area (Å²) in [6.07, 6.45) is 0.196. The van der Waals surface area contributed by atoms with Crippen molar-refractivity contribution in [3.8, 4) is 0 Å². The second kappa shape index (κ2) is 6.59. The molecule has 0 amide bonds. The molecule has 1 fully saturated rings. The predicted molar refractivity (Wildman–Crippen MR) is 63.0 cm³/mol. The molecule has 0 aromatic heterocycles. The molecule has 1 aliphatic rings. The van der Waals surface area contributed by atoms with Crippen LogP contribution in [0.5, 0.6) is 0 Å². The lowest BCUT2D eigenvalue weighted by Gasteiger charge is -2.28. The van der Waals surface area contributed by atoms with Crippen molar-refractivity contribution in [1.82, 2.24) is 10.2 Å². The zero-order valence-corrected chi connectivity index (χ0v) is 10.7. The van der Waals surface area contributed by atoms with Crippen molar-refractivity contribution in [2.75, 3.05) is 19.6 Å². The van der Waals surface area contributed by atoms with Gasteiger partial charge in [-0.25, -0.2) is 0 Å². The maximum Gasteiger partial charge on any atom is 0.401 e. The molecule has 0 spiro atoms. The molecule has 0 saturated heterocycles. The molecule has 0 bridgehead atoms. The van der Waals surface area contributed by atoms with Crippen molar-refractivity contribution in [3.05, 3.63) is 0 Å². The molecule has 0 aromatic carbocycles. The number of hydrogen-bond acceptors (Lipinski definition) is 2. The molecule has 1 rings (SSSR count). The number of hydrogen-bond donors (Lipinski definition) is 1. The lowest BCUT2D eigenvalue weighted by Crippen LogP contribution is -2.40. The van der Waals surface area contributed by atoms with Gasteiger partial charge in [0.1, 0.15) is 0 Å². The molecule has 1 N–H and O–H groups in total. The van der Waals surface area contributed by atoms with Crippen LogP contribution < -0.4 is 5.32 Å². The van der Waals surface area contributed by atoms with Gasteiger partial charge < -0.3 is 5.32 Å². The second-order valence-corrected chi connectivity index (χ2v) is 4.90. The van der Waals surface area contributed by atoms with E-state index in [1.165, 1.54) is 17.7 Å². The fourth-order valence-corrected chi connectivity index (χ4v) is 1.98. The molecule has 0 radical (unpaired) electrons. The van der Waals surface area contributed by atoms with E-state index in [0.717, 1.165) is 19.4 Å². The van der Waals surface area contributed by atoms with Crippen molar-refractivity contribution in [1.29, 1.82) is 0 Å². The average Bonchev–Trinajstić information content (AvgIpc) is 3.03. The summed E-state index contributed by atoms with van der Waals surface area (Å²) in [6.45, 7) is 4.26. The molecule has 1 aliphatic carbocycles. The van der Waals surface area contributed by atoms with E-state index >= 15 is 0 Å². The Morgan fingerprint density at radius 2 is 2.00 bits per heavy atom. The second-order valence-electron chi connectivity index (χ2n) is 4.90. The predicted octanol–water partition coefficient (Wildman–Crippen LogP) is 2.79. The lowest BCUT2D eigenvalue weighted by molar-refractivity contribution is -0.150. The molecule has 0 heterocycles. The fourth-order valence-electron chi connectivity index (χ4n) is 1.98. The van der Waals surface area contributed by atoms with Crippen LogP contribution in [0.15, 0.2) is 0 Å². The summed E-state index contributed by atoms with van der Waals surface area (Å²) in [5, 5.41) is 3.38. The van der Waals surface area contributed by atoms with Gasteiger partial charge in [-0.2, -0.15) is 13.2 Å². The summed E-state index contributed by atoms with van der Waals surface area (Å²) in [5.41, 5.74) is 0. The van der Waals surface area contributed by atoms with Crippen molar-refractivity contribution in [2.24, 2.45) is 0 Å². The Hall–Kier alpha value is -0.290. The van der Waals surface area contributed by atoms with Gasteiger partial charge >= 0.3 is 6.18 Å². The van der Waals surface area contributed by atoms with Crippen LogP contribution >= 0.6 is 0 Å². The Kier molecular flexibility index (Phi) is 5.73. The summed E-state index contributed by atoms with van der Waals surface area (Å²) < 4.78 is 36.9. The van der Waals surface area contributed by atoms with Crippen LogP contribution in [0, 0.1) is 0 Å². The molecular formula is C12H23F3N2. The molecule has 102 valence electrons. The average molecular weight is 252 g/mol. The number of nitrogens with zero attached hydrogens (tertiary/aromatic N) is 1. The molecule has 17 heavy (non-hydrogen) atoms. The summed E-state index contributed by atoms with van der Waals surface area (Å²) in [6, 6.07) is 0.686. The van der Waals surface area contributed by atoms with E-state index in [4.69, 9.17) is 0 Å². The minimum absolute atomic E-state index is 0.00243. The summed E-state index contributed by atoms with van der Waals surface area (Å²) in [7, 11) is 0. The van der Waals surface area contributed by atoms with E-state index in [1.54, 1.807) is 6.92 Å². The first-order valence-electron chi connectivity index (χ1n) is 6.46. The van der Waals surface area contributed by atoms with Gasteiger partial charge in [0.25, 0.3) is 0 Å². The van der Waals surface area contributed by atoms with Crippen molar-refractivity contribution < 1.29 is 13.2 Å². The smallest absolute Gasteiger partial charge is 0.314 e. The molecule has 1 saturated carbocycles. The monoisotopic (exact) mass is 252 g/mol. The molecule has 0 aromatic rings. The number of alkyl halides is 3. The topological polar surface area (TPSA) is 15.3 Å². The first kappa shape index (κ1) is 14.8. The van der Waals surface area contributed by atoms with Crippen molar-refractivity contribution >= 4 is 0 Å². The third-order valence-corrected chi connectivity index (χ3v) is 3.22. The van der Waals surface area contributed by atoms with Crippen LogP contribution in [0.1, 0.15) is 39.5 Å². The molecule has 2 nitrogen and oxygen atoms in total. The van der Waals surface area contributed by atoms with Gasteiger partial charge in [-0.05, 0) is 45.7 Å². The van der Waals surface area contributed by atoms with Crippen LogP contribution in [0.3, 0.4) is 0 Å². The number of halogens is 3. The van der Waals surface area contributed by atoms with Gasteiger partial charge in [0, 0.05) is 12.1 Å². The van der Waals surface area contributed by atoms with Gasteiger partial charge in [-0.1, -0.05) is 6.92 Å². The Labute approximate surface area is 102 Å². The molecular weight excluding hydrogens is 229 g/mol. The fraction of sp³-hybridized carbons (Fsp3) is 1.00. The first-order chi connectivity index (χ1) is 7.92. The van der Waals surface area contributed by atoms with E-state index in [0.29, 0.717) is 12.6 Å². The minimum Gasteiger partial charge on any atom is -0.314 e. The highest BCUT2D eigenvalue weighted by Gasteiger charge is 2.31. The molecule has 5 heteroatoms. The summed E-state index contributed by atoms with van der Waals surface area (Å²) in [5.74, 6) is 0. The van der Waals surface area contributed by atoms with Crippen LogP contribution in [-0.4, -0.2) is 42.8 Å². The van der Waals surface area contributed by atoms with Crippen molar-refractivity contribution in [2.45, 2.75) is 57.8 Å². The maximum absolute atomic E-state index is 12.3. The Morgan fingerprint density at radius 1 is 1.35 bits per heavy atom. The number of rotatable bonds is 8. The Morgan fingerprint density at radius 3 is 2.47 bits per heavy atom. The van der Waals surface area contributed by atoms with Gasteiger partial charge in [-0.15, -0.1) is 0 Å². The highest BCUT2D eigenvalue weighted by Crippen LogP contribution is 2.20. The van der Waals surface area contributed by atoms with Gasteiger partial charge in [-0.3, -0.25) is 4.90 Å². The van der Waals surface area contributed by atoms with Crippen LogP contribution in [0.2, 0.25) is 0 Å². The third kappa shape index (κ3) is 6.88. The van der Waals surface area contributed by atoms with Crippen LogP contribution in [0.4, 0.5) is 13.2 Å². The normalized spacial score (nSPS) is 18.7. The van der Waals surface area contributed by atoms with Gasteiger partial charge in [0.2, 0.25) is 0 Å². The van der Waals surface area contributed by atoms with Crippen LogP contribution in [0.25, 0.3) is 0 Å². The Bertz CT molecular complexity index is 214. The highest BCUT2D eigenvalue weighted by molar-refractivity contribution is 4.80. The SMILES string of the molecule is CCN(CC(F)(F)F)C(C)CCCNC1CC1. The minimum atomic E-state index is -4.09. The molecule has 1 atom stereocenters. The molecule has 1 unspecified atom stereocenters. The standard InChI is InChI=1S/C12H23F3N2/c1-3-17(9-12(13,14)15)10(2)5-4-8-16-11-6-7-11/h10-11,16H,3-9H2,1-2H3. The first-order valence-corrected chi connectivity index (χ1v) is 6.46. The van der Waals surface area contributed by atoms with E-state index in [-0.39, 0.29) is 6.04 Å². The summed E-state index contributed by atoms with van der Waals surface area (Å²) >= 11 is 0. The van der Waals surface area contributed by atoms with E-state index in [9.17, 15) is 13.2 Å². The van der Waals surface area contributed by atoms with E-state index in [2.05, 4.69) is 5.32 Å². The Balaban J connectivity index is 2.15. The molecule has 0 aliphatic heterocycles. The largest absolute Gasteiger partial charge is 0.401 e. The zero-order chi connectivity index (χ0) is 12.9. The van der Waals surface area contributed by atoms with Crippen LogP contribution in [-0.2, 0) is 0 Å².